The van der Waals surface area contributed by atoms with Gasteiger partial charge in [-0.15, -0.1) is 0 Å². The standard InChI is InChI=1S/C13H22N2O2/c1-3-6-15-7-4-13(5-8-15)9-11(16)14-12(17)10(13)2/h10H,3-9H2,1-2H3,(H,14,16,17). The number of carbonyl (C=O) groups excluding carboxylic acids is 2. The van der Waals surface area contributed by atoms with Gasteiger partial charge in [-0.05, 0) is 44.3 Å². The Morgan fingerprint density at radius 1 is 1.35 bits per heavy atom. The Hall–Kier alpha value is -0.900. The van der Waals surface area contributed by atoms with Gasteiger partial charge in [-0.1, -0.05) is 13.8 Å². The molecule has 2 rings (SSSR count). The normalized spacial score (nSPS) is 29.4. The van der Waals surface area contributed by atoms with Gasteiger partial charge in [-0.2, -0.15) is 0 Å². The topological polar surface area (TPSA) is 49.4 Å². The summed E-state index contributed by atoms with van der Waals surface area (Å²) < 4.78 is 0. The Kier molecular flexibility index (Phi) is 3.52. The first-order chi connectivity index (χ1) is 8.07. The number of carbonyl (C=O) groups is 2. The summed E-state index contributed by atoms with van der Waals surface area (Å²) >= 11 is 0. The molecule has 17 heavy (non-hydrogen) atoms. The smallest absolute Gasteiger partial charge is 0.229 e. The molecule has 2 amide bonds. The van der Waals surface area contributed by atoms with E-state index >= 15 is 0 Å². The van der Waals surface area contributed by atoms with Gasteiger partial charge in [-0.3, -0.25) is 14.9 Å². The number of nitrogens with zero attached hydrogens (tertiary/aromatic N) is 1. The Balaban J connectivity index is 2.04. The number of likely N-dealkylation sites (tertiary alicyclic amines) is 1. The van der Waals surface area contributed by atoms with Crippen LogP contribution in [0.3, 0.4) is 0 Å². The van der Waals surface area contributed by atoms with Crippen LogP contribution < -0.4 is 5.32 Å². The van der Waals surface area contributed by atoms with Crippen LogP contribution in [0.5, 0.6) is 0 Å². The Morgan fingerprint density at radius 2 is 2.00 bits per heavy atom. The summed E-state index contributed by atoms with van der Waals surface area (Å²) in [5.41, 5.74) is -0.0658. The van der Waals surface area contributed by atoms with E-state index in [9.17, 15) is 9.59 Å². The highest BCUT2D eigenvalue weighted by atomic mass is 16.2. The number of imide groups is 1. The highest BCUT2D eigenvalue weighted by molar-refractivity contribution is 5.99. The van der Waals surface area contributed by atoms with Crippen molar-refractivity contribution in [3.63, 3.8) is 0 Å². The van der Waals surface area contributed by atoms with Crippen LogP contribution >= 0.6 is 0 Å². The van der Waals surface area contributed by atoms with Gasteiger partial charge in [0.15, 0.2) is 0 Å². The summed E-state index contributed by atoms with van der Waals surface area (Å²) in [6, 6.07) is 0. The van der Waals surface area contributed by atoms with Crippen molar-refractivity contribution in [2.75, 3.05) is 19.6 Å². The number of hydrogen-bond donors (Lipinski definition) is 1. The third kappa shape index (κ3) is 2.37. The van der Waals surface area contributed by atoms with Crippen molar-refractivity contribution < 1.29 is 9.59 Å². The molecule has 0 radical (unpaired) electrons. The van der Waals surface area contributed by atoms with Crippen LogP contribution in [-0.2, 0) is 9.59 Å². The molecule has 0 aromatic heterocycles. The molecule has 1 atom stereocenters. The SMILES string of the molecule is CCCN1CCC2(CC1)CC(=O)NC(=O)C2C. The van der Waals surface area contributed by atoms with Gasteiger partial charge >= 0.3 is 0 Å². The molecule has 4 nitrogen and oxygen atoms in total. The maximum absolute atomic E-state index is 11.7. The molecule has 0 bridgehead atoms. The molecule has 2 heterocycles. The average Bonchev–Trinajstić information content (AvgIpc) is 2.29. The van der Waals surface area contributed by atoms with Gasteiger partial charge in [0.25, 0.3) is 0 Å². The second kappa shape index (κ2) is 4.77. The van der Waals surface area contributed by atoms with E-state index in [4.69, 9.17) is 0 Å². The van der Waals surface area contributed by atoms with Crippen molar-refractivity contribution >= 4 is 11.8 Å². The molecule has 2 aliphatic rings. The summed E-state index contributed by atoms with van der Waals surface area (Å²) in [6.45, 7) is 7.34. The monoisotopic (exact) mass is 238 g/mol. The van der Waals surface area contributed by atoms with Crippen molar-refractivity contribution in [2.24, 2.45) is 11.3 Å². The zero-order chi connectivity index (χ0) is 12.5. The number of piperidine rings is 2. The van der Waals surface area contributed by atoms with Crippen LogP contribution in [0.2, 0.25) is 0 Å². The van der Waals surface area contributed by atoms with Gasteiger partial charge in [0.2, 0.25) is 11.8 Å². The van der Waals surface area contributed by atoms with Crippen molar-refractivity contribution in [3.05, 3.63) is 0 Å². The van der Waals surface area contributed by atoms with Crippen molar-refractivity contribution in [3.8, 4) is 0 Å². The van der Waals surface area contributed by atoms with Crippen LogP contribution in [-0.4, -0.2) is 36.3 Å². The fourth-order valence-electron chi connectivity index (χ4n) is 3.19. The minimum atomic E-state index is -0.0861. The van der Waals surface area contributed by atoms with E-state index in [-0.39, 0.29) is 23.1 Å². The molecule has 0 saturated carbocycles. The van der Waals surface area contributed by atoms with Gasteiger partial charge in [-0.25, -0.2) is 0 Å². The fraction of sp³-hybridized carbons (Fsp3) is 0.846. The number of amides is 2. The quantitative estimate of drug-likeness (QED) is 0.734. The summed E-state index contributed by atoms with van der Waals surface area (Å²) in [5.74, 6) is -0.189. The van der Waals surface area contributed by atoms with E-state index in [0.29, 0.717) is 6.42 Å². The molecule has 0 aromatic rings. The minimum Gasteiger partial charge on any atom is -0.303 e. The van der Waals surface area contributed by atoms with E-state index in [2.05, 4.69) is 17.1 Å². The second-order valence-corrected chi connectivity index (χ2v) is 5.51. The molecular formula is C13H22N2O2. The van der Waals surface area contributed by atoms with Crippen LogP contribution in [0.1, 0.15) is 39.5 Å². The predicted octanol–water partition coefficient (Wildman–Crippen LogP) is 1.16. The van der Waals surface area contributed by atoms with Crippen molar-refractivity contribution in [2.45, 2.75) is 39.5 Å². The first-order valence-corrected chi connectivity index (χ1v) is 6.63. The molecule has 1 spiro atoms. The maximum atomic E-state index is 11.7. The molecule has 4 heteroatoms. The van der Waals surface area contributed by atoms with E-state index in [1.165, 1.54) is 6.42 Å². The van der Waals surface area contributed by atoms with Crippen LogP contribution in [0.15, 0.2) is 0 Å². The van der Waals surface area contributed by atoms with Gasteiger partial charge < -0.3 is 4.90 Å². The summed E-state index contributed by atoms with van der Waals surface area (Å²) in [7, 11) is 0. The van der Waals surface area contributed by atoms with Crippen molar-refractivity contribution in [1.82, 2.24) is 10.2 Å². The molecule has 1 unspecified atom stereocenters. The molecule has 96 valence electrons. The molecule has 2 aliphatic heterocycles. The predicted molar refractivity (Wildman–Crippen MR) is 65.3 cm³/mol. The van der Waals surface area contributed by atoms with E-state index in [1.807, 2.05) is 6.92 Å². The second-order valence-electron chi connectivity index (χ2n) is 5.51. The summed E-state index contributed by atoms with van der Waals surface area (Å²) in [5, 5.41) is 2.45. The first-order valence-electron chi connectivity index (χ1n) is 6.63. The lowest BCUT2D eigenvalue weighted by molar-refractivity contribution is -0.145. The fourth-order valence-corrected chi connectivity index (χ4v) is 3.19. The highest BCUT2D eigenvalue weighted by Crippen LogP contribution is 2.43. The van der Waals surface area contributed by atoms with E-state index in [1.54, 1.807) is 0 Å². The Morgan fingerprint density at radius 3 is 2.59 bits per heavy atom. The number of rotatable bonds is 2. The number of hydrogen-bond acceptors (Lipinski definition) is 3. The van der Waals surface area contributed by atoms with Gasteiger partial charge in [0.1, 0.15) is 0 Å². The van der Waals surface area contributed by atoms with E-state index < -0.39 is 0 Å². The summed E-state index contributed by atoms with van der Waals surface area (Å²) in [6.07, 6.45) is 3.66. The molecule has 2 saturated heterocycles. The van der Waals surface area contributed by atoms with E-state index in [0.717, 1.165) is 32.5 Å². The molecule has 0 aromatic carbocycles. The van der Waals surface area contributed by atoms with Gasteiger partial charge in [0.05, 0.1) is 0 Å². The highest BCUT2D eigenvalue weighted by Gasteiger charge is 2.47. The molecular weight excluding hydrogens is 216 g/mol. The van der Waals surface area contributed by atoms with Crippen LogP contribution in [0, 0.1) is 11.3 Å². The van der Waals surface area contributed by atoms with Crippen molar-refractivity contribution in [1.29, 1.82) is 0 Å². The Bertz CT molecular complexity index is 319. The lowest BCUT2D eigenvalue weighted by atomic mass is 9.65. The lowest BCUT2D eigenvalue weighted by Gasteiger charge is -2.46. The lowest BCUT2D eigenvalue weighted by Crippen LogP contribution is -2.55. The Labute approximate surface area is 103 Å². The zero-order valence-corrected chi connectivity index (χ0v) is 10.8. The van der Waals surface area contributed by atoms with Gasteiger partial charge in [0, 0.05) is 12.3 Å². The first kappa shape index (κ1) is 12.6. The third-order valence-electron chi connectivity index (χ3n) is 4.48. The number of nitrogens with one attached hydrogen (secondary N) is 1. The largest absolute Gasteiger partial charge is 0.303 e. The maximum Gasteiger partial charge on any atom is 0.229 e. The minimum absolute atomic E-state index is 0.0241. The van der Waals surface area contributed by atoms with Crippen LogP contribution in [0.25, 0.3) is 0 Å². The molecule has 1 N–H and O–H groups in total. The summed E-state index contributed by atoms with van der Waals surface area (Å²) in [4.78, 5) is 25.7. The van der Waals surface area contributed by atoms with Crippen LogP contribution in [0.4, 0.5) is 0 Å². The average molecular weight is 238 g/mol. The molecule has 0 aliphatic carbocycles. The third-order valence-corrected chi connectivity index (χ3v) is 4.48. The molecule has 2 fully saturated rings. The zero-order valence-electron chi connectivity index (χ0n) is 10.8.